The molecule has 1 fully saturated rings. The molecule has 3 nitrogen and oxygen atoms in total. The van der Waals surface area contributed by atoms with Gasteiger partial charge in [0.2, 0.25) is 0 Å². The highest BCUT2D eigenvalue weighted by atomic mass is 16.5. The number of ether oxygens (including phenoxy) is 1. The highest BCUT2D eigenvalue weighted by molar-refractivity contribution is 5.17. The van der Waals surface area contributed by atoms with Crippen LogP contribution in [0.4, 0.5) is 0 Å². The van der Waals surface area contributed by atoms with Crippen LogP contribution in [0.1, 0.15) is 30.8 Å². The van der Waals surface area contributed by atoms with Crippen molar-refractivity contribution >= 4 is 0 Å². The van der Waals surface area contributed by atoms with Gasteiger partial charge in [0.1, 0.15) is 11.5 Å². The van der Waals surface area contributed by atoms with Gasteiger partial charge in [-0.3, -0.25) is 0 Å². The monoisotopic (exact) mass is 209 g/mol. The lowest BCUT2D eigenvalue weighted by atomic mass is 10.3. The Morgan fingerprint density at radius 3 is 3.00 bits per heavy atom. The van der Waals surface area contributed by atoms with Crippen molar-refractivity contribution in [3.63, 3.8) is 0 Å². The van der Waals surface area contributed by atoms with Crippen molar-refractivity contribution in [3.05, 3.63) is 23.7 Å². The lowest BCUT2D eigenvalue weighted by Gasteiger charge is -2.00. The zero-order chi connectivity index (χ0) is 10.7. The molecule has 0 spiro atoms. The van der Waals surface area contributed by atoms with E-state index in [-0.39, 0.29) is 0 Å². The van der Waals surface area contributed by atoms with Gasteiger partial charge < -0.3 is 14.5 Å². The molecule has 1 N–H and O–H groups in total. The van der Waals surface area contributed by atoms with Crippen LogP contribution in [0.5, 0.6) is 0 Å². The van der Waals surface area contributed by atoms with E-state index < -0.39 is 0 Å². The third-order valence-corrected chi connectivity index (χ3v) is 2.94. The quantitative estimate of drug-likeness (QED) is 0.729. The first-order valence-electron chi connectivity index (χ1n) is 5.59. The summed E-state index contributed by atoms with van der Waals surface area (Å²) in [7, 11) is 1.71. The molecule has 15 heavy (non-hydrogen) atoms. The Balaban J connectivity index is 1.75. The summed E-state index contributed by atoms with van der Waals surface area (Å²) in [5.74, 6) is 3.68. The molecular formula is C12H19NO2. The lowest BCUT2D eigenvalue weighted by Crippen LogP contribution is -2.18. The molecule has 0 aliphatic heterocycles. The normalized spacial score (nSPS) is 24.4. The van der Waals surface area contributed by atoms with E-state index in [0.717, 1.165) is 37.1 Å². The average molecular weight is 209 g/mol. The molecule has 1 saturated carbocycles. The number of rotatable bonds is 6. The fourth-order valence-electron chi connectivity index (χ4n) is 1.79. The largest absolute Gasteiger partial charge is 0.464 e. The van der Waals surface area contributed by atoms with Gasteiger partial charge in [0.15, 0.2) is 0 Å². The average Bonchev–Trinajstić information content (AvgIpc) is 2.80. The van der Waals surface area contributed by atoms with Gasteiger partial charge in [0.25, 0.3) is 0 Å². The van der Waals surface area contributed by atoms with E-state index in [0.29, 0.717) is 5.92 Å². The van der Waals surface area contributed by atoms with E-state index in [1.165, 1.54) is 6.42 Å². The second-order valence-electron chi connectivity index (χ2n) is 4.29. The summed E-state index contributed by atoms with van der Waals surface area (Å²) < 4.78 is 10.7. The van der Waals surface area contributed by atoms with Gasteiger partial charge in [0, 0.05) is 19.6 Å². The molecule has 2 rings (SSSR count). The molecule has 0 radical (unpaired) electrons. The second-order valence-corrected chi connectivity index (χ2v) is 4.29. The fourth-order valence-corrected chi connectivity index (χ4v) is 1.79. The summed E-state index contributed by atoms with van der Waals surface area (Å²) >= 11 is 0. The number of hydrogen-bond acceptors (Lipinski definition) is 3. The van der Waals surface area contributed by atoms with E-state index in [4.69, 9.17) is 9.15 Å². The highest BCUT2D eigenvalue weighted by Gasteiger charge is 2.36. The molecule has 1 heterocycles. The number of nitrogens with one attached hydrogen (secondary N) is 1. The Bertz CT molecular complexity index is 308. The van der Waals surface area contributed by atoms with E-state index in [9.17, 15) is 0 Å². The van der Waals surface area contributed by atoms with E-state index in [1.807, 2.05) is 0 Å². The Morgan fingerprint density at radius 2 is 2.33 bits per heavy atom. The van der Waals surface area contributed by atoms with Crippen molar-refractivity contribution in [2.45, 2.75) is 25.8 Å². The predicted octanol–water partition coefficient (Wildman–Crippen LogP) is 2.14. The maximum atomic E-state index is 5.75. The van der Waals surface area contributed by atoms with Gasteiger partial charge >= 0.3 is 0 Å². The standard InChI is InChI=1S/C12H19NO2/c1-9-7-11(9)12-4-3-10(15-12)8-13-5-6-14-2/h3-4,9,11,13H,5-8H2,1-2H3. The van der Waals surface area contributed by atoms with Crippen LogP contribution in [0.25, 0.3) is 0 Å². The molecule has 3 heteroatoms. The minimum Gasteiger partial charge on any atom is -0.464 e. The molecule has 0 amide bonds. The van der Waals surface area contributed by atoms with Gasteiger partial charge in [0.05, 0.1) is 13.2 Å². The van der Waals surface area contributed by atoms with Gasteiger partial charge in [-0.1, -0.05) is 6.92 Å². The third-order valence-electron chi connectivity index (χ3n) is 2.94. The van der Waals surface area contributed by atoms with E-state index in [2.05, 4.69) is 24.4 Å². The molecule has 0 saturated heterocycles. The lowest BCUT2D eigenvalue weighted by molar-refractivity contribution is 0.198. The van der Waals surface area contributed by atoms with E-state index in [1.54, 1.807) is 7.11 Å². The van der Waals surface area contributed by atoms with Crippen molar-refractivity contribution in [1.82, 2.24) is 5.32 Å². The first kappa shape index (κ1) is 10.7. The Hall–Kier alpha value is -0.800. The van der Waals surface area contributed by atoms with Crippen LogP contribution >= 0.6 is 0 Å². The molecule has 1 aliphatic carbocycles. The van der Waals surface area contributed by atoms with Gasteiger partial charge in [-0.25, -0.2) is 0 Å². The molecule has 1 aromatic heterocycles. The van der Waals surface area contributed by atoms with Crippen LogP contribution < -0.4 is 5.32 Å². The maximum Gasteiger partial charge on any atom is 0.117 e. The van der Waals surface area contributed by atoms with Crippen LogP contribution in [0.2, 0.25) is 0 Å². The van der Waals surface area contributed by atoms with Crippen molar-refractivity contribution in [2.75, 3.05) is 20.3 Å². The number of methoxy groups -OCH3 is 1. The molecule has 84 valence electrons. The minimum absolute atomic E-state index is 0.678. The molecule has 0 bridgehead atoms. The summed E-state index contributed by atoms with van der Waals surface area (Å²) in [5, 5.41) is 3.27. The first-order chi connectivity index (χ1) is 7.31. The molecule has 2 atom stereocenters. The van der Waals surface area contributed by atoms with Crippen LogP contribution in [-0.2, 0) is 11.3 Å². The second kappa shape index (κ2) is 4.81. The predicted molar refractivity (Wildman–Crippen MR) is 58.8 cm³/mol. The van der Waals surface area contributed by atoms with Crippen LogP contribution in [0.15, 0.2) is 16.5 Å². The summed E-state index contributed by atoms with van der Waals surface area (Å²) in [5.41, 5.74) is 0. The summed E-state index contributed by atoms with van der Waals surface area (Å²) in [6, 6.07) is 4.18. The maximum absolute atomic E-state index is 5.75. The molecule has 1 aromatic rings. The Kier molecular flexibility index (Phi) is 3.44. The summed E-state index contributed by atoms with van der Waals surface area (Å²) in [6.45, 7) is 4.67. The van der Waals surface area contributed by atoms with Gasteiger partial charge in [-0.2, -0.15) is 0 Å². The topological polar surface area (TPSA) is 34.4 Å². The molecule has 2 unspecified atom stereocenters. The Labute approximate surface area is 90.8 Å². The Morgan fingerprint density at radius 1 is 1.53 bits per heavy atom. The highest BCUT2D eigenvalue weighted by Crippen LogP contribution is 2.47. The van der Waals surface area contributed by atoms with E-state index >= 15 is 0 Å². The van der Waals surface area contributed by atoms with Crippen LogP contribution in [-0.4, -0.2) is 20.3 Å². The molecular weight excluding hydrogens is 190 g/mol. The molecule has 0 aromatic carbocycles. The van der Waals surface area contributed by atoms with Gasteiger partial charge in [-0.05, 0) is 24.5 Å². The van der Waals surface area contributed by atoms with Crippen molar-refractivity contribution in [2.24, 2.45) is 5.92 Å². The fraction of sp³-hybridized carbons (Fsp3) is 0.667. The zero-order valence-corrected chi connectivity index (χ0v) is 9.45. The SMILES string of the molecule is COCCNCc1ccc(C2CC2C)o1. The smallest absolute Gasteiger partial charge is 0.117 e. The van der Waals surface area contributed by atoms with Crippen LogP contribution in [0, 0.1) is 5.92 Å². The number of furan rings is 1. The molecule has 1 aliphatic rings. The summed E-state index contributed by atoms with van der Waals surface area (Å²) in [6.07, 6.45) is 1.28. The first-order valence-corrected chi connectivity index (χ1v) is 5.59. The minimum atomic E-state index is 0.678. The van der Waals surface area contributed by atoms with Crippen molar-refractivity contribution in [3.8, 4) is 0 Å². The number of hydrogen-bond donors (Lipinski definition) is 1. The zero-order valence-electron chi connectivity index (χ0n) is 9.45. The van der Waals surface area contributed by atoms with Crippen molar-refractivity contribution in [1.29, 1.82) is 0 Å². The van der Waals surface area contributed by atoms with Crippen LogP contribution in [0.3, 0.4) is 0 Å². The van der Waals surface area contributed by atoms with Gasteiger partial charge in [-0.15, -0.1) is 0 Å². The third kappa shape index (κ3) is 2.83. The summed E-state index contributed by atoms with van der Waals surface area (Å²) in [4.78, 5) is 0. The van der Waals surface area contributed by atoms with Crippen molar-refractivity contribution < 1.29 is 9.15 Å².